The number of nitrogens with zero attached hydrogens (tertiary/aromatic N) is 1. The molecule has 2 aliphatic rings. The van der Waals surface area contributed by atoms with E-state index in [0.717, 1.165) is 26.1 Å². The molecule has 2 unspecified atom stereocenters. The van der Waals surface area contributed by atoms with Gasteiger partial charge in [-0.2, -0.15) is 0 Å². The lowest BCUT2D eigenvalue weighted by Gasteiger charge is -2.41. The van der Waals surface area contributed by atoms with E-state index in [2.05, 4.69) is 4.90 Å². The van der Waals surface area contributed by atoms with E-state index in [1.54, 1.807) is 0 Å². The van der Waals surface area contributed by atoms with Crippen LogP contribution in [-0.4, -0.2) is 55.4 Å². The summed E-state index contributed by atoms with van der Waals surface area (Å²) in [5, 5.41) is 0. The molecule has 2 rings (SSSR count). The van der Waals surface area contributed by atoms with Crippen LogP contribution in [0, 0.1) is 0 Å². The zero-order chi connectivity index (χ0) is 10.9. The molecule has 0 radical (unpaired) electrons. The lowest BCUT2D eigenvalue weighted by Crippen LogP contribution is -2.57. The summed E-state index contributed by atoms with van der Waals surface area (Å²) in [4.78, 5) is 13.2. The molecular weight excluding hydrogens is 196 g/mol. The van der Waals surface area contributed by atoms with E-state index in [1.165, 1.54) is 0 Å². The van der Waals surface area contributed by atoms with Crippen molar-refractivity contribution in [1.82, 2.24) is 4.90 Å². The highest BCUT2D eigenvalue weighted by atomic mass is 16.6. The molecule has 0 aliphatic carbocycles. The van der Waals surface area contributed by atoms with Crippen molar-refractivity contribution >= 4 is 5.91 Å². The van der Waals surface area contributed by atoms with Gasteiger partial charge >= 0.3 is 0 Å². The lowest BCUT2D eigenvalue weighted by atomic mass is 9.99. The van der Waals surface area contributed by atoms with Crippen molar-refractivity contribution in [2.24, 2.45) is 5.73 Å². The smallest absolute Gasteiger partial charge is 0.234 e. The van der Waals surface area contributed by atoms with Crippen molar-refractivity contribution in [3.63, 3.8) is 0 Å². The van der Waals surface area contributed by atoms with Gasteiger partial charge in [-0.1, -0.05) is 0 Å². The van der Waals surface area contributed by atoms with Crippen molar-refractivity contribution in [2.75, 3.05) is 32.9 Å². The molecular formula is C10H18N2O3. The van der Waals surface area contributed by atoms with Crippen LogP contribution in [0.5, 0.6) is 0 Å². The fraction of sp³-hybridized carbons (Fsp3) is 0.900. The zero-order valence-electron chi connectivity index (χ0n) is 9.07. The monoisotopic (exact) mass is 214 g/mol. The van der Waals surface area contributed by atoms with Crippen molar-refractivity contribution in [2.45, 2.75) is 25.0 Å². The number of rotatable bonds is 2. The Hall–Kier alpha value is -0.650. The minimum absolute atomic E-state index is 0.192. The van der Waals surface area contributed by atoms with E-state index < -0.39 is 0 Å². The first-order valence-corrected chi connectivity index (χ1v) is 5.38. The number of nitrogens with two attached hydrogens (primary N) is 1. The number of carbonyl (C=O) groups excluding carboxylic acids is 1. The number of primary amides is 1. The van der Waals surface area contributed by atoms with Gasteiger partial charge in [0, 0.05) is 26.1 Å². The van der Waals surface area contributed by atoms with Gasteiger partial charge in [0.05, 0.1) is 19.3 Å². The minimum atomic E-state index is -0.272. The fourth-order valence-electron chi connectivity index (χ4n) is 2.21. The molecule has 1 spiro atoms. The van der Waals surface area contributed by atoms with Gasteiger partial charge in [-0.15, -0.1) is 0 Å². The quantitative estimate of drug-likeness (QED) is 0.663. The second-order valence-electron chi connectivity index (χ2n) is 4.38. The average molecular weight is 214 g/mol. The van der Waals surface area contributed by atoms with E-state index in [9.17, 15) is 4.79 Å². The van der Waals surface area contributed by atoms with E-state index in [1.807, 2.05) is 6.92 Å². The van der Waals surface area contributed by atoms with Crippen LogP contribution >= 0.6 is 0 Å². The molecule has 2 saturated heterocycles. The van der Waals surface area contributed by atoms with Crippen LogP contribution in [0.25, 0.3) is 0 Å². The van der Waals surface area contributed by atoms with E-state index in [4.69, 9.17) is 15.2 Å². The molecule has 0 saturated carbocycles. The number of hydrogen-bond donors (Lipinski definition) is 1. The Labute approximate surface area is 89.5 Å². The van der Waals surface area contributed by atoms with Crippen LogP contribution < -0.4 is 5.73 Å². The second-order valence-corrected chi connectivity index (χ2v) is 4.38. The largest absolute Gasteiger partial charge is 0.378 e. The Bertz CT molecular complexity index is 251. The molecule has 86 valence electrons. The predicted molar refractivity (Wildman–Crippen MR) is 54.3 cm³/mol. The van der Waals surface area contributed by atoms with Gasteiger partial charge in [0.1, 0.15) is 5.60 Å². The molecule has 2 N–H and O–H groups in total. The van der Waals surface area contributed by atoms with E-state index in [-0.39, 0.29) is 17.6 Å². The van der Waals surface area contributed by atoms with Crippen LogP contribution in [0.4, 0.5) is 0 Å². The standard InChI is InChI=1S/C10H18N2O3/c1-8(9(11)13)12-3-5-15-10(6-12)2-4-14-7-10/h8H,2-7H2,1H3,(H2,11,13). The number of carbonyl (C=O) groups is 1. The van der Waals surface area contributed by atoms with E-state index in [0.29, 0.717) is 13.2 Å². The van der Waals surface area contributed by atoms with Gasteiger partial charge in [-0.05, 0) is 6.92 Å². The Balaban J connectivity index is 2.00. The summed E-state index contributed by atoms with van der Waals surface area (Å²) in [6.45, 7) is 5.40. The highest BCUT2D eigenvalue weighted by molar-refractivity contribution is 5.79. The Morgan fingerprint density at radius 3 is 2.93 bits per heavy atom. The lowest BCUT2D eigenvalue weighted by molar-refractivity contribution is -0.136. The number of amides is 1. The summed E-state index contributed by atoms with van der Waals surface area (Å²) in [7, 11) is 0. The maximum atomic E-state index is 11.1. The molecule has 2 fully saturated rings. The molecule has 2 heterocycles. The molecule has 15 heavy (non-hydrogen) atoms. The van der Waals surface area contributed by atoms with Crippen LogP contribution in [0.15, 0.2) is 0 Å². The van der Waals surface area contributed by atoms with Gasteiger partial charge in [0.2, 0.25) is 5.91 Å². The van der Waals surface area contributed by atoms with Crippen molar-refractivity contribution in [3.8, 4) is 0 Å². The summed E-state index contributed by atoms with van der Waals surface area (Å²) in [6, 6.07) is -0.216. The molecule has 0 bridgehead atoms. The third-order valence-electron chi connectivity index (χ3n) is 3.30. The fourth-order valence-corrected chi connectivity index (χ4v) is 2.21. The van der Waals surface area contributed by atoms with Crippen molar-refractivity contribution in [1.29, 1.82) is 0 Å². The van der Waals surface area contributed by atoms with Crippen LogP contribution in [0.1, 0.15) is 13.3 Å². The first kappa shape index (κ1) is 10.9. The summed E-state index contributed by atoms with van der Waals surface area (Å²) >= 11 is 0. The molecule has 1 amide bonds. The normalized spacial score (nSPS) is 34.5. The number of hydrogen-bond acceptors (Lipinski definition) is 4. The topological polar surface area (TPSA) is 64.8 Å². The number of morpholine rings is 1. The van der Waals surface area contributed by atoms with Gasteiger partial charge in [0.15, 0.2) is 0 Å². The van der Waals surface area contributed by atoms with Crippen LogP contribution in [0.2, 0.25) is 0 Å². The summed E-state index contributed by atoms with van der Waals surface area (Å²) in [6.07, 6.45) is 0.912. The second kappa shape index (κ2) is 4.08. The van der Waals surface area contributed by atoms with E-state index >= 15 is 0 Å². The SMILES string of the molecule is CC(C(N)=O)N1CCOC2(CCOC2)C1. The minimum Gasteiger partial charge on any atom is -0.378 e. The molecule has 0 aromatic rings. The maximum Gasteiger partial charge on any atom is 0.234 e. The third-order valence-corrected chi connectivity index (χ3v) is 3.30. The van der Waals surface area contributed by atoms with Gasteiger partial charge in [-0.25, -0.2) is 0 Å². The average Bonchev–Trinajstić information content (AvgIpc) is 2.65. The Morgan fingerprint density at radius 2 is 2.33 bits per heavy atom. The first-order chi connectivity index (χ1) is 7.13. The van der Waals surface area contributed by atoms with Crippen molar-refractivity contribution in [3.05, 3.63) is 0 Å². The summed E-state index contributed by atoms with van der Waals surface area (Å²) < 4.78 is 11.1. The molecule has 2 atom stereocenters. The highest BCUT2D eigenvalue weighted by Crippen LogP contribution is 2.28. The Kier molecular flexibility index (Phi) is 2.95. The molecule has 2 aliphatic heterocycles. The Morgan fingerprint density at radius 1 is 1.53 bits per heavy atom. The predicted octanol–water partition coefficient (Wildman–Crippen LogP) is -0.648. The zero-order valence-corrected chi connectivity index (χ0v) is 9.07. The molecule has 5 nitrogen and oxygen atoms in total. The molecule has 5 heteroatoms. The maximum absolute atomic E-state index is 11.1. The first-order valence-electron chi connectivity index (χ1n) is 5.38. The molecule has 0 aromatic carbocycles. The molecule has 0 aromatic heterocycles. The number of ether oxygens (including phenoxy) is 2. The summed E-state index contributed by atoms with van der Waals surface area (Å²) in [5.41, 5.74) is 5.11. The summed E-state index contributed by atoms with van der Waals surface area (Å²) in [5.74, 6) is -0.272. The van der Waals surface area contributed by atoms with Crippen LogP contribution in [0.3, 0.4) is 0 Å². The van der Waals surface area contributed by atoms with Crippen molar-refractivity contribution < 1.29 is 14.3 Å². The van der Waals surface area contributed by atoms with Gasteiger partial charge in [-0.3, -0.25) is 9.69 Å². The van der Waals surface area contributed by atoms with Crippen LogP contribution in [-0.2, 0) is 14.3 Å². The van der Waals surface area contributed by atoms with Gasteiger partial charge < -0.3 is 15.2 Å². The third kappa shape index (κ3) is 2.14. The van der Waals surface area contributed by atoms with Gasteiger partial charge in [0.25, 0.3) is 0 Å². The highest BCUT2D eigenvalue weighted by Gasteiger charge is 2.41.